The second kappa shape index (κ2) is 4.88. The summed E-state index contributed by atoms with van der Waals surface area (Å²) in [7, 11) is 1.96. The van der Waals surface area contributed by atoms with E-state index in [2.05, 4.69) is 10.3 Å². The molecule has 0 aliphatic carbocycles. The monoisotopic (exact) mass is 283 g/mol. The summed E-state index contributed by atoms with van der Waals surface area (Å²) in [5.74, 6) is 0.145. The van der Waals surface area contributed by atoms with Crippen molar-refractivity contribution < 1.29 is 4.79 Å². The second-order valence-electron chi connectivity index (χ2n) is 6.42. The van der Waals surface area contributed by atoms with Gasteiger partial charge in [0.05, 0.1) is 0 Å². The maximum atomic E-state index is 12.9. The Kier molecular flexibility index (Phi) is 3.00. The van der Waals surface area contributed by atoms with Gasteiger partial charge in [-0.25, -0.2) is 0 Å². The lowest BCUT2D eigenvalue weighted by atomic mass is 9.97. The Morgan fingerprint density at radius 1 is 1.19 bits per heavy atom. The Balaban J connectivity index is 1.60. The lowest BCUT2D eigenvalue weighted by Crippen LogP contribution is -2.48. The van der Waals surface area contributed by atoms with Gasteiger partial charge in [-0.05, 0) is 43.9 Å². The standard InChI is InChI=1S/C17H21N3O/c1-20(13-9-11-5-6-12(10-13)19-11)17(21)15-3-2-4-16-14(15)7-8-18-16/h2-4,7-8,11-13,18-19H,5-6,9-10H2,1H3. The van der Waals surface area contributed by atoms with Crippen LogP contribution in [0, 0.1) is 0 Å². The van der Waals surface area contributed by atoms with Crippen molar-refractivity contribution in [2.45, 2.75) is 43.8 Å². The van der Waals surface area contributed by atoms with E-state index in [1.165, 1.54) is 12.8 Å². The maximum absolute atomic E-state index is 12.9. The van der Waals surface area contributed by atoms with Crippen molar-refractivity contribution in [3.05, 3.63) is 36.0 Å². The molecule has 2 aromatic rings. The van der Waals surface area contributed by atoms with Gasteiger partial charge in [-0.1, -0.05) is 6.07 Å². The van der Waals surface area contributed by atoms with Crippen LogP contribution in [0.1, 0.15) is 36.0 Å². The fraction of sp³-hybridized carbons (Fsp3) is 0.471. The van der Waals surface area contributed by atoms with Crippen molar-refractivity contribution >= 4 is 16.8 Å². The zero-order valence-electron chi connectivity index (χ0n) is 12.3. The molecule has 21 heavy (non-hydrogen) atoms. The van der Waals surface area contributed by atoms with Gasteiger partial charge in [0.2, 0.25) is 0 Å². The zero-order chi connectivity index (χ0) is 14.4. The normalized spacial score (nSPS) is 28.0. The molecule has 4 heteroatoms. The average molecular weight is 283 g/mol. The minimum atomic E-state index is 0.145. The molecule has 1 amide bonds. The van der Waals surface area contributed by atoms with Crippen molar-refractivity contribution in [2.24, 2.45) is 0 Å². The van der Waals surface area contributed by atoms with Gasteiger partial charge >= 0.3 is 0 Å². The van der Waals surface area contributed by atoms with E-state index in [4.69, 9.17) is 0 Å². The van der Waals surface area contributed by atoms with Gasteiger partial charge in [0.15, 0.2) is 0 Å². The topological polar surface area (TPSA) is 48.1 Å². The SMILES string of the molecule is CN(C(=O)c1cccc2[nH]ccc12)C1CC2CCC(C1)N2. The highest BCUT2D eigenvalue weighted by Gasteiger charge is 2.36. The van der Waals surface area contributed by atoms with E-state index in [0.717, 1.165) is 29.3 Å². The quantitative estimate of drug-likeness (QED) is 0.889. The number of piperidine rings is 1. The number of carbonyl (C=O) groups is 1. The molecule has 4 nitrogen and oxygen atoms in total. The summed E-state index contributed by atoms with van der Waals surface area (Å²) in [6, 6.07) is 9.46. The molecule has 110 valence electrons. The van der Waals surface area contributed by atoms with Crippen LogP contribution in [0.15, 0.2) is 30.5 Å². The van der Waals surface area contributed by atoms with Gasteiger partial charge in [-0.3, -0.25) is 4.79 Å². The number of nitrogens with one attached hydrogen (secondary N) is 2. The number of aromatic nitrogens is 1. The first kappa shape index (κ1) is 12.9. The van der Waals surface area contributed by atoms with E-state index < -0.39 is 0 Å². The largest absolute Gasteiger partial charge is 0.361 e. The minimum absolute atomic E-state index is 0.145. The molecule has 2 fully saturated rings. The Bertz CT molecular complexity index is 665. The van der Waals surface area contributed by atoms with Crippen LogP contribution in [0.2, 0.25) is 0 Å². The van der Waals surface area contributed by atoms with Crippen LogP contribution < -0.4 is 5.32 Å². The molecule has 0 saturated carbocycles. The number of rotatable bonds is 2. The Morgan fingerprint density at radius 2 is 1.95 bits per heavy atom. The molecule has 4 rings (SSSR count). The van der Waals surface area contributed by atoms with Gasteiger partial charge in [0.1, 0.15) is 0 Å². The van der Waals surface area contributed by atoms with Crippen LogP contribution in [0.3, 0.4) is 0 Å². The number of aromatic amines is 1. The van der Waals surface area contributed by atoms with Crippen molar-refractivity contribution in [1.29, 1.82) is 0 Å². The van der Waals surface area contributed by atoms with Crippen LogP contribution in [-0.2, 0) is 0 Å². The first-order valence-corrected chi connectivity index (χ1v) is 7.81. The van der Waals surface area contributed by atoms with Crippen LogP contribution in [0.25, 0.3) is 10.9 Å². The van der Waals surface area contributed by atoms with E-state index in [1.54, 1.807) is 0 Å². The van der Waals surface area contributed by atoms with Gasteiger partial charge in [-0.2, -0.15) is 0 Å². The molecule has 3 heterocycles. The van der Waals surface area contributed by atoms with Crippen LogP contribution >= 0.6 is 0 Å². The van der Waals surface area contributed by atoms with E-state index >= 15 is 0 Å². The van der Waals surface area contributed by atoms with Crippen LogP contribution in [0.5, 0.6) is 0 Å². The summed E-state index contributed by atoms with van der Waals surface area (Å²) >= 11 is 0. The molecule has 0 spiro atoms. The summed E-state index contributed by atoms with van der Waals surface area (Å²) < 4.78 is 0. The number of nitrogens with zero attached hydrogens (tertiary/aromatic N) is 1. The first-order chi connectivity index (χ1) is 10.2. The average Bonchev–Trinajstić information content (AvgIpc) is 3.11. The molecule has 2 aliphatic rings. The molecular formula is C17H21N3O. The molecule has 2 bridgehead atoms. The number of H-pyrrole nitrogens is 1. The molecule has 2 aliphatic heterocycles. The summed E-state index contributed by atoms with van der Waals surface area (Å²) in [5.41, 5.74) is 1.83. The summed E-state index contributed by atoms with van der Waals surface area (Å²) in [6.45, 7) is 0. The highest BCUT2D eigenvalue weighted by atomic mass is 16.2. The van der Waals surface area contributed by atoms with E-state index in [-0.39, 0.29) is 5.91 Å². The summed E-state index contributed by atoms with van der Waals surface area (Å²) in [5, 5.41) is 4.66. The summed E-state index contributed by atoms with van der Waals surface area (Å²) in [6.07, 6.45) is 6.59. The molecular weight excluding hydrogens is 262 g/mol. The van der Waals surface area contributed by atoms with E-state index in [1.807, 2.05) is 42.4 Å². The molecule has 0 radical (unpaired) electrons. The highest BCUT2D eigenvalue weighted by Crippen LogP contribution is 2.30. The number of carbonyl (C=O) groups excluding carboxylic acids is 1. The molecule has 2 atom stereocenters. The van der Waals surface area contributed by atoms with E-state index in [9.17, 15) is 4.79 Å². The summed E-state index contributed by atoms with van der Waals surface area (Å²) in [4.78, 5) is 18.0. The Morgan fingerprint density at radius 3 is 2.71 bits per heavy atom. The zero-order valence-corrected chi connectivity index (χ0v) is 12.3. The van der Waals surface area contributed by atoms with Gasteiger partial charge in [-0.15, -0.1) is 0 Å². The first-order valence-electron chi connectivity index (χ1n) is 7.81. The van der Waals surface area contributed by atoms with E-state index in [0.29, 0.717) is 18.1 Å². The predicted octanol–water partition coefficient (Wildman–Crippen LogP) is 2.52. The molecule has 2 saturated heterocycles. The lowest BCUT2D eigenvalue weighted by molar-refractivity contribution is 0.0683. The van der Waals surface area contributed by atoms with Crippen LogP contribution in [0.4, 0.5) is 0 Å². The Hall–Kier alpha value is -1.81. The molecule has 1 aromatic heterocycles. The number of fused-ring (bicyclic) bond motifs is 3. The number of hydrogen-bond donors (Lipinski definition) is 2. The van der Waals surface area contributed by atoms with Crippen molar-refractivity contribution in [2.75, 3.05) is 7.05 Å². The van der Waals surface area contributed by atoms with Crippen molar-refractivity contribution in [1.82, 2.24) is 15.2 Å². The fourth-order valence-electron chi connectivity index (χ4n) is 3.97. The maximum Gasteiger partial charge on any atom is 0.254 e. The number of hydrogen-bond acceptors (Lipinski definition) is 2. The third-order valence-corrected chi connectivity index (χ3v) is 5.14. The van der Waals surface area contributed by atoms with Gasteiger partial charge in [0.25, 0.3) is 5.91 Å². The van der Waals surface area contributed by atoms with Crippen molar-refractivity contribution in [3.63, 3.8) is 0 Å². The third-order valence-electron chi connectivity index (χ3n) is 5.14. The Labute approximate surface area is 124 Å². The number of benzene rings is 1. The lowest BCUT2D eigenvalue weighted by Gasteiger charge is -2.35. The van der Waals surface area contributed by atoms with Crippen LogP contribution in [-0.4, -0.2) is 41.0 Å². The second-order valence-corrected chi connectivity index (χ2v) is 6.42. The smallest absolute Gasteiger partial charge is 0.254 e. The predicted molar refractivity (Wildman–Crippen MR) is 83.4 cm³/mol. The van der Waals surface area contributed by atoms with Gasteiger partial charge in [0, 0.05) is 47.8 Å². The van der Waals surface area contributed by atoms with Crippen molar-refractivity contribution in [3.8, 4) is 0 Å². The van der Waals surface area contributed by atoms with Gasteiger partial charge < -0.3 is 15.2 Å². The highest BCUT2D eigenvalue weighted by molar-refractivity contribution is 6.06. The molecule has 2 unspecified atom stereocenters. The third kappa shape index (κ3) is 2.14. The fourth-order valence-corrected chi connectivity index (χ4v) is 3.97. The molecule has 2 N–H and O–H groups in total. The molecule has 1 aromatic carbocycles. The number of amides is 1. The minimum Gasteiger partial charge on any atom is -0.361 e.